The lowest BCUT2D eigenvalue weighted by Gasteiger charge is -2.20. The molecular weight excluding hydrogens is 266 g/mol. The SMILES string of the molecule is CCNc1cc(Cl)c(OCC)c(OCC)c1OCC. The van der Waals surface area contributed by atoms with Crippen LogP contribution in [0.25, 0.3) is 0 Å². The van der Waals surface area contributed by atoms with E-state index in [9.17, 15) is 0 Å². The van der Waals surface area contributed by atoms with Crippen molar-refractivity contribution >= 4 is 17.3 Å². The second kappa shape index (κ2) is 8.00. The molecule has 0 unspecified atom stereocenters. The van der Waals surface area contributed by atoms with E-state index in [1.807, 2.05) is 33.8 Å². The van der Waals surface area contributed by atoms with Gasteiger partial charge in [0, 0.05) is 6.54 Å². The number of ether oxygens (including phenoxy) is 3. The van der Waals surface area contributed by atoms with Crippen molar-refractivity contribution in [2.45, 2.75) is 27.7 Å². The molecule has 0 aromatic heterocycles. The Morgan fingerprint density at radius 2 is 1.42 bits per heavy atom. The molecule has 0 aliphatic carbocycles. The van der Waals surface area contributed by atoms with E-state index in [2.05, 4.69) is 5.32 Å². The van der Waals surface area contributed by atoms with Crippen LogP contribution in [0, 0.1) is 0 Å². The third-order valence-electron chi connectivity index (χ3n) is 2.38. The van der Waals surface area contributed by atoms with Crippen molar-refractivity contribution in [3.8, 4) is 17.2 Å². The third-order valence-corrected chi connectivity index (χ3v) is 2.66. The molecule has 19 heavy (non-hydrogen) atoms. The molecule has 0 bridgehead atoms. The van der Waals surface area contributed by atoms with Crippen LogP contribution in [0.15, 0.2) is 6.07 Å². The van der Waals surface area contributed by atoms with Crippen LogP contribution in [-0.4, -0.2) is 26.4 Å². The quantitative estimate of drug-likeness (QED) is 0.785. The second-order valence-electron chi connectivity index (χ2n) is 3.72. The maximum absolute atomic E-state index is 6.26. The van der Waals surface area contributed by atoms with E-state index in [0.717, 1.165) is 12.2 Å². The minimum absolute atomic E-state index is 0.518. The lowest BCUT2D eigenvalue weighted by Crippen LogP contribution is -2.07. The van der Waals surface area contributed by atoms with Gasteiger partial charge < -0.3 is 19.5 Å². The molecule has 0 heterocycles. The van der Waals surface area contributed by atoms with E-state index < -0.39 is 0 Å². The van der Waals surface area contributed by atoms with Gasteiger partial charge in [0.2, 0.25) is 5.75 Å². The van der Waals surface area contributed by atoms with E-state index in [0.29, 0.717) is 42.1 Å². The molecule has 1 aromatic rings. The van der Waals surface area contributed by atoms with Crippen LogP contribution in [0.1, 0.15) is 27.7 Å². The molecule has 5 heteroatoms. The molecule has 1 aromatic carbocycles. The van der Waals surface area contributed by atoms with Crippen LogP contribution in [0.2, 0.25) is 5.02 Å². The minimum Gasteiger partial charge on any atom is -0.488 e. The molecule has 0 aliphatic rings. The van der Waals surface area contributed by atoms with Crippen LogP contribution in [0.5, 0.6) is 17.2 Å². The van der Waals surface area contributed by atoms with Gasteiger partial charge in [0.15, 0.2) is 11.5 Å². The zero-order chi connectivity index (χ0) is 14.3. The first-order chi connectivity index (χ1) is 9.19. The second-order valence-corrected chi connectivity index (χ2v) is 4.13. The fourth-order valence-corrected chi connectivity index (χ4v) is 2.00. The number of halogens is 1. The van der Waals surface area contributed by atoms with Crippen molar-refractivity contribution in [3.05, 3.63) is 11.1 Å². The normalized spacial score (nSPS) is 10.2. The van der Waals surface area contributed by atoms with Gasteiger partial charge in [-0.3, -0.25) is 0 Å². The van der Waals surface area contributed by atoms with Crippen molar-refractivity contribution in [3.63, 3.8) is 0 Å². The van der Waals surface area contributed by atoms with Crippen LogP contribution in [0.3, 0.4) is 0 Å². The van der Waals surface area contributed by atoms with Gasteiger partial charge in [0.05, 0.1) is 30.5 Å². The average molecular weight is 288 g/mol. The summed E-state index contributed by atoms with van der Waals surface area (Å²) in [6, 6.07) is 1.81. The highest BCUT2D eigenvalue weighted by molar-refractivity contribution is 6.32. The van der Waals surface area contributed by atoms with E-state index >= 15 is 0 Å². The summed E-state index contributed by atoms with van der Waals surface area (Å²) in [6.45, 7) is 10.1. The summed E-state index contributed by atoms with van der Waals surface area (Å²) in [7, 11) is 0. The van der Waals surface area contributed by atoms with Crippen molar-refractivity contribution in [2.75, 3.05) is 31.7 Å². The molecule has 0 saturated heterocycles. The molecule has 0 spiro atoms. The molecule has 1 rings (SSSR count). The molecule has 0 atom stereocenters. The zero-order valence-electron chi connectivity index (χ0n) is 12.0. The van der Waals surface area contributed by atoms with Crippen molar-refractivity contribution in [2.24, 2.45) is 0 Å². The predicted octanol–water partition coefficient (Wildman–Crippen LogP) is 3.97. The number of anilines is 1. The van der Waals surface area contributed by atoms with Crippen molar-refractivity contribution < 1.29 is 14.2 Å². The Morgan fingerprint density at radius 1 is 0.895 bits per heavy atom. The predicted molar refractivity (Wildman–Crippen MR) is 79.1 cm³/mol. The largest absolute Gasteiger partial charge is 0.488 e. The summed E-state index contributed by atoms with van der Waals surface area (Å²) in [4.78, 5) is 0. The summed E-state index contributed by atoms with van der Waals surface area (Å²) in [6.07, 6.45) is 0. The number of hydrogen-bond donors (Lipinski definition) is 1. The van der Waals surface area contributed by atoms with Crippen LogP contribution < -0.4 is 19.5 Å². The Labute approximate surface area is 120 Å². The molecular formula is C14H22ClNO3. The Hall–Kier alpha value is -1.29. The zero-order valence-corrected chi connectivity index (χ0v) is 12.8. The first-order valence-electron chi connectivity index (χ1n) is 6.68. The summed E-state index contributed by atoms with van der Waals surface area (Å²) < 4.78 is 16.9. The molecule has 0 fully saturated rings. The summed E-state index contributed by atoms with van der Waals surface area (Å²) in [5, 5.41) is 3.74. The number of hydrogen-bond acceptors (Lipinski definition) is 4. The van der Waals surface area contributed by atoms with Gasteiger partial charge in [-0.25, -0.2) is 0 Å². The van der Waals surface area contributed by atoms with Crippen LogP contribution in [-0.2, 0) is 0 Å². The Balaban J connectivity index is 3.35. The molecule has 4 nitrogen and oxygen atoms in total. The smallest absolute Gasteiger partial charge is 0.207 e. The molecule has 1 N–H and O–H groups in total. The Bertz CT molecular complexity index is 410. The van der Waals surface area contributed by atoms with E-state index in [4.69, 9.17) is 25.8 Å². The molecule has 0 aliphatic heterocycles. The highest BCUT2D eigenvalue weighted by Gasteiger charge is 2.21. The average Bonchev–Trinajstić information content (AvgIpc) is 2.38. The topological polar surface area (TPSA) is 39.7 Å². The first-order valence-corrected chi connectivity index (χ1v) is 7.05. The number of nitrogens with one attached hydrogen (secondary N) is 1. The van der Waals surface area contributed by atoms with Crippen LogP contribution in [0.4, 0.5) is 5.69 Å². The molecule has 0 radical (unpaired) electrons. The number of benzene rings is 1. The standard InChI is InChI=1S/C14H22ClNO3/c1-5-16-11-9-10(15)12(17-6-2)14(19-8-4)13(11)18-7-3/h9,16H,5-8H2,1-4H3. The van der Waals surface area contributed by atoms with Crippen molar-refractivity contribution in [1.29, 1.82) is 0 Å². The van der Waals surface area contributed by atoms with E-state index in [1.165, 1.54) is 0 Å². The third kappa shape index (κ3) is 3.83. The van der Waals surface area contributed by atoms with Gasteiger partial charge in [0.25, 0.3) is 0 Å². The Kier molecular flexibility index (Phi) is 6.64. The van der Waals surface area contributed by atoms with Gasteiger partial charge in [-0.1, -0.05) is 11.6 Å². The first kappa shape index (κ1) is 15.8. The molecule has 0 saturated carbocycles. The lowest BCUT2D eigenvalue weighted by atomic mass is 10.2. The summed E-state index contributed by atoms with van der Waals surface area (Å²) >= 11 is 6.26. The summed E-state index contributed by atoms with van der Waals surface area (Å²) in [5.74, 6) is 1.75. The highest BCUT2D eigenvalue weighted by Crippen LogP contribution is 2.47. The van der Waals surface area contributed by atoms with Crippen molar-refractivity contribution in [1.82, 2.24) is 0 Å². The van der Waals surface area contributed by atoms with Gasteiger partial charge in [-0.05, 0) is 33.8 Å². The molecule has 0 amide bonds. The minimum atomic E-state index is 0.518. The summed E-state index contributed by atoms with van der Waals surface area (Å²) in [5.41, 5.74) is 0.821. The highest BCUT2D eigenvalue weighted by atomic mass is 35.5. The van der Waals surface area contributed by atoms with E-state index in [-0.39, 0.29) is 0 Å². The van der Waals surface area contributed by atoms with Gasteiger partial charge >= 0.3 is 0 Å². The molecule has 108 valence electrons. The Morgan fingerprint density at radius 3 is 1.95 bits per heavy atom. The van der Waals surface area contributed by atoms with Gasteiger partial charge in [0.1, 0.15) is 0 Å². The van der Waals surface area contributed by atoms with Crippen LogP contribution >= 0.6 is 11.6 Å². The van der Waals surface area contributed by atoms with E-state index in [1.54, 1.807) is 0 Å². The fourth-order valence-electron chi connectivity index (χ4n) is 1.76. The fraction of sp³-hybridized carbons (Fsp3) is 0.571. The lowest BCUT2D eigenvalue weighted by molar-refractivity contribution is 0.261. The maximum atomic E-state index is 6.26. The maximum Gasteiger partial charge on any atom is 0.207 e. The van der Waals surface area contributed by atoms with Gasteiger partial charge in [-0.15, -0.1) is 0 Å². The monoisotopic (exact) mass is 287 g/mol. The van der Waals surface area contributed by atoms with Gasteiger partial charge in [-0.2, -0.15) is 0 Å². The number of rotatable bonds is 8.